The number of amides is 1. The molecule has 0 aliphatic carbocycles. The van der Waals surface area contributed by atoms with Gasteiger partial charge in [0.15, 0.2) is 0 Å². The molecule has 0 aromatic carbocycles. The van der Waals surface area contributed by atoms with Crippen molar-refractivity contribution in [2.75, 3.05) is 31.1 Å². The van der Waals surface area contributed by atoms with Crippen LogP contribution < -0.4 is 4.90 Å². The third kappa shape index (κ3) is 5.68. The molecule has 0 bridgehead atoms. The van der Waals surface area contributed by atoms with Crippen LogP contribution in [0.15, 0.2) is 35.3 Å². The van der Waals surface area contributed by atoms with Crippen LogP contribution in [0.1, 0.15) is 12.0 Å². The number of hydrogen-bond acceptors (Lipinski definition) is 6. The van der Waals surface area contributed by atoms with Crippen molar-refractivity contribution >= 4 is 29.2 Å². The molecule has 4 rings (SSSR count). The van der Waals surface area contributed by atoms with Gasteiger partial charge >= 0.3 is 12.1 Å². The fraction of sp³-hybridized carbons (Fsp3) is 0.474. The summed E-state index contributed by atoms with van der Waals surface area (Å²) in [5, 5.41) is 11.2. The van der Waals surface area contributed by atoms with Crippen LogP contribution in [0.3, 0.4) is 0 Å². The number of thiophene rings is 1. The first kappa shape index (κ1) is 22.0. The van der Waals surface area contributed by atoms with Gasteiger partial charge in [0.05, 0.1) is 6.42 Å². The number of halogens is 3. The first-order valence-electron chi connectivity index (χ1n) is 9.35. The van der Waals surface area contributed by atoms with Gasteiger partial charge in [-0.25, -0.2) is 14.8 Å². The standard InChI is InChI=1S/C17H20N4OS.C2HF3O2/c22-16(8-13-3-7-23-12-13)21-9-14-2-6-20(10-15(14)11-21)17-18-4-1-5-19-17;3-2(4,5)1(6)7/h1,3-5,7,12,14-15H,2,6,8-11H2;(H,6,7)/t14-,15+;/m0./s1. The van der Waals surface area contributed by atoms with E-state index in [0.717, 1.165) is 44.1 Å². The summed E-state index contributed by atoms with van der Waals surface area (Å²) < 4.78 is 31.7. The van der Waals surface area contributed by atoms with Gasteiger partial charge in [-0.3, -0.25) is 4.79 Å². The lowest BCUT2D eigenvalue weighted by molar-refractivity contribution is -0.192. The summed E-state index contributed by atoms with van der Waals surface area (Å²) in [7, 11) is 0. The molecule has 1 amide bonds. The van der Waals surface area contributed by atoms with E-state index in [2.05, 4.69) is 25.1 Å². The van der Waals surface area contributed by atoms with Gasteiger partial charge in [-0.2, -0.15) is 24.5 Å². The van der Waals surface area contributed by atoms with Gasteiger partial charge in [0.1, 0.15) is 0 Å². The van der Waals surface area contributed by atoms with Crippen LogP contribution >= 0.6 is 11.3 Å². The molecule has 0 radical (unpaired) electrons. The van der Waals surface area contributed by atoms with E-state index in [-0.39, 0.29) is 5.91 Å². The summed E-state index contributed by atoms with van der Waals surface area (Å²) in [5.74, 6) is -0.512. The van der Waals surface area contributed by atoms with Crippen molar-refractivity contribution in [3.05, 3.63) is 40.8 Å². The second-order valence-corrected chi connectivity index (χ2v) is 7.99. The number of aliphatic carboxylic acids is 1. The fourth-order valence-corrected chi connectivity index (χ4v) is 4.36. The topological polar surface area (TPSA) is 86.6 Å². The van der Waals surface area contributed by atoms with Crippen molar-refractivity contribution in [1.82, 2.24) is 14.9 Å². The fourth-order valence-electron chi connectivity index (χ4n) is 3.69. The summed E-state index contributed by atoms with van der Waals surface area (Å²) >= 11 is 1.65. The highest BCUT2D eigenvalue weighted by molar-refractivity contribution is 7.08. The van der Waals surface area contributed by atoms with Crippen molar-refractivity contribution in [2.24, 2.45) is 11.8 Å². The Hall–Kier alpha value is -2.69. The lowest BCUT2D eigenvalue weighted by Gasteiger charge is -2.34. The maximum absolute atomic E-state index is 12.5. The monoisotopic (exact) mass is 442 g/mol. The predicted octanol–water partition coefficient (Wildman–Crippen LogP) is 2.70. The van der Waals surface area contributed by atoms with Crippen LogP contribution in [-0.2, 0) is 16.0 Å². The first-order valence-corrected chi connectivity index (χ1v) is 10.3. The molecule has 2 aromatic rings. The van der Waals surface area contributed by atoms with Gasteiger partial charge in [-0.05, 0) is 46.7 Å². The normalized spacial score (nSPS) is 20.9. The Morgan fingerprint density at radius 2 is 1.83 bits per heavy atom. The highest BCUT2D eigenvalue weighted by atomic mass is 32.1. The molecule has 11 heteroatoms. The largest absolute Gasteiger partial charge is 0.490 e. The molecular formula is C19H21F3N4O3S. The van der Waals surface area contributed by atoms with Crippen molar-refractivity contribution in [3.8, 4) is 0 Å². The van der Waals surface area contributed by atoms with Crippen molar-refractivity contribution in [3.63, 3.8) is 0 Å². The lowest BCUT2D eigenvalue weighted by atomic mass is 9.89. The molecule has 2 atom stereocenters. The molecule has 4 heterocycles. The number of carboxylic acid groups (broad SMARTS) is 1. The highest BCUT2D eigenvalue weighted by Gasteiger charge is 2.39. The molecule has 2 aliphatic rings. The van der Waals surface area contributed by atoms with Gasteiger partial charge in [0, 0.05) is 38.6 Å². The highest BCUT2D eigenvalue weighted by Crippen LogP contribution is 2.32. The number of carboxylic acids is 1. The van der Waals surface area contributed by atoms with Crippen molar-refractivity contribution in [1.29, 1.82) is 0 Å². The van der Waals surface area contributed by atoms with Gasteiger partial charge in [-0.1, -0.05) is 0 Å². The first-order chi connectivity index (χ1) is 14.2. The van der Waals surface area contributed by atoms with Gasteiger partial charge in [0.2, 0.25) is 11.9 Å². The number of nitrogens with zero attached hydrogens (tertiary/aromatic N) is 4. The molecular weight excluding hydrogens is 421 g/mol. The van der Waals surface area contributed by atoms with Gasteiger partial charge in [-0.15, -0.1) is 0 Å². The predicted molar refractivity (Wildman–Crippen MR) is 104 cm³/mol. The number of rotatable bonds is 3. The van der Waals surface area contributed by atoms with Crippen LogP contribution in [0.4, 0.5) is 19.1 Å². The number of carbonyl (C=O) groups excluding carboxylic acids is 1. The zero-order valence-electron chi connectivity index (χ0n) is 16.0. The van der Waals surface area contributed by atoms with Gasteiger partial charge < -0.3 is 14.9 Å². The Morgan fingerprint density at radius 1 is 1.17 bits per heavy atom. The average Bonchev–Trinajstić information content (AvgIpc) is 3.37. The zero-order chi connectivity index (χ0) is 21.7. The van der Waals surface area contributed by atoms with E-state index in [1.54, 1.807) is 23.7 Å². The lowest BCUT2D eigenvalue weighted by Crippen LogP contribution is -2.40. The quantitative estimate of drug-likeness (QED) is 0.787. The van der Waals surface area contributed by atoms with Gasteiger partial charge in [0.25, 0.3) is 0 Å². The maximum Gasteiger partial charge on any atom is 0.490 e. The van der Waals surface area contributed by atoms with E-state index >= 15 is 0 Å². The van der Waals surface area contributed by atoms with Crippen LogP contribution in [0.25, 0.3) is 0 Å². The molecule has 7 nitrogen and oxygen atoms in total. The Balaban J connectivity index is 0.000000318. The molecule has 2 aromatic heterocycles. The number of anilines is 1. The van der Waals surface area contributed by atoms with Crippen LogP contribution in [0, 0.1) is 11.8 Å². The summed E-state index contributed by atoms with van der Waals surface area (Å²) in [6.07, 6.45) is 0.152. The number of alkyl halides is 3. The molecule has 162 valence electrons. The van der Waals surface area contributed by atoms with Crippen LogP contribution in [0.5, 0.6) is 0 Å². The summed E-state index contributed by atoms with van der Waals surface area (Å²) in [6.45, 7) is 3.72. The van der Waals surface area contributed by atoms with E-state index in [4.69, 9.17) is 9.90 Å². The third-order valence-electron chi connectivity index (χ3n) is 5.17. The Morgan fingerprint density at radius 3 is 2.43 bits per heavy atom. The Kier molecular flexibility index (Phi) is 6.91. The van der Waals surface area contributed by atoms with E-state index in [9.17, 15) is 18.0 Å². The van der Waals surface area contributed by atoms with E-state index in [0.29, 0.717) is 18.3 Å². The average molecular weight is 442 g/mol. The number of hydrogen-bond donors (Lipinski definition) is 1. The molecule has 2 saturated heterocycles. The molecule has 0 spiro atoms. The summed E-state index contributed by atoms with van der Waals surface area (Å²) in [4.78, 5) is 34.4. The number of likely N-dealkylation sites (tertiary alicyclic amines) is 1. The minimum absolute atomic E-state index is 0.264. The molecule has 30 heavy (non-hydrogen) atoms. The van der Waals surface area contributed by atoms with Crippen LogP contribution in [-0.4, -0.2) is 64.2 Å². The number of piperidine rings is 1. The number of aromatic nitrogens is 2. The Bertz CT molecular complexity index is 848. The number of fused-ring (bicyclic) bond motifs is 1. The van der Waals surface area contributed by atoms with Crippen LogP contribution in [0.2, 0.25) is 0 Å². The smallest absolute Gasteiger partial charge is 0.475 e. The molecule has 2 fully saturated rings. The van der Waals surface area contributed by atoms with Crippen molar-refractivity contribution < 1.29 is 27.9 Å². The second kappa shape index (κ2) is 9.41. The molecule has 0 saturated carbocycles. The van der Waals surface area contributed by atoms with Crippen molar-refractivity contribution in [2.45, 2.75) is 19.0 Å². The summed E-state index contributed by atoms with van der Waals surface area (Å²) in [5.41, 5.74) is 1.13. The minimum atomic E-state index is -5.08. The third-order valence-corrected chi connectivity index (χ3v) is 5.90. The maximum atomic E-state index is 12.5. The SMILES string of the molecule is O=C(Cc1ccsc1)N1C[C@@H]2CCN(c3ncccn3)C[C@@H]2C1.O=C(O)C(F)(F)F. The number of carbonyl (C=O) groups is 2. The van der Waals surface area contributed by atoms with E-state index in [1.807, 2.05) is 17.5 Å². The minimum Gasteiger partial charge on any atom is -0.475 e. The Labute approximate surface area is 175 Å². The molecule has 1 N–H and O–H groups in total. The summed E-state index contributed by atoms with van der Waals surface area (Å²) in [6, 6.07) is 3.89. The van der Waals surface area contributed by atoms with E-state index in [1.165, 1.54) is 0 Å². The molecule has 2 aliphatic heterocycles. The second-order valence-electron chi connectivity index (χ2n) is 7.21. The molecule has 0 unspecified atom stereocenters. The zero-order valence-corrected chi connectivity index (χ0v) is 16.8. The van der Waals surface area contributed by atoms with E-state index < -0.39 is 12.1 Å².